The molecule has 186 valence electrons. The summed E-state index contributed by atoms with van der Waals surface area (Å²) in [7, 11) is -1.69. The van der Waals surface area contributed by atoms with E-state index in [1.807, 2.05) is 36.4 Å². The van der Waals surface area contributed by atoms with Crippen LogP contribution in [0.1, 0.15) is 17.5 Å². The van der Waals surface area contributed by atoms with Gasteiger partial charge in [0.1, 0.15) is 11.8 Å². The molecule has 1 aliphatic heterocycles. The van der Waals surface area contributed by atoms with Crippen molar-refractivity contribution in [2.75, 3.05) is 32.9 Å². The van der Waals surface area contributed by atoms with E-state index in [2.05, 4.69) is 11.0 Å². The first-order valence-corrected chi connectivity index (χ1v) is 11.6. The standard InChI is InChI=1S/C26H28BN3O6/c28-19-22(26(32)30-12-15-35-16-13-30)10-9-21-7-4-8-23(17-21)36-14-11-25(31)29-24(27(33)34)18-20-5-2-1-3-6-20/h1-9,17,24,33-34H,11-16,18H2,(H,29,31)/t10?,24-/m0/s1. The molecule has 1 aliphatic rings. The van der Waals surface area contributed by atoms with Crippen LogP contribution in [0, 0.1) is 11.3 Å². The van der Waals surface area contributed by atoms with Crippen LogP contribution >= 0.6 is 0 Å². The fourth-order valence-electron chi connectivity index (χ4n) is 3.56. The Bertz CT molecular complexity index is 1140. The predicted octanol–water partition coefficient (Wildman–Crippen LogP) is 1.12. The lowest BCUT2D eigenvalue weighted by Crippen LogP contribution is -2.48. The van der Waals surface area contributed by atoms with E-state index in [4.69, 9.17) is 9.47 Å². The van der Waals surface area contributed by atoms with Crippen molar-refractivity contribution in [1.82, 2.24) is 10.2 Å². The van der Waals surface area contributed by atoms with Crippen LogP contribution in [-0.4, -0.2) is 72.7 Å². The van der Waals surface area contributed by atoms with Gasteiger partial charge >= 0.3 is 7.12 Å². The number of carbonyl (C=O) groups excluding carboxylic acids is 2. The highest BCUT2D eigenvalue weighted by Crippen LogP contribution is 2.15. The second-order valence-corrected chi connectivity index (χ2v) is 8.13. The lowest BCUT2D eigenvalue weighted by Gasteiger charge is -2.25. The van der Waals surface area contributed by atoms with Crippen molar-refractivity contribution in [2.45, 2.75) is 18.8 Å². The molecule has 0 aliphatic carbocycles. The molecule has 9 nitrogen and oxygen atoms in total. The highest BCUT2D eigenvalue weighted by Gasteiger charge is 2.25. The number of benzene rings is 2. The summed E-state index contributed by atoms with van der Waals surface area (Å²) in [6.07, 6.45) is 1.84. The van der Waals surface area contributed by atoms with Crippen LogP contribution in [0.15, 0.2) is 65.9 Å². The summed E-state index contributed by atoms with van der Waals surface area (Å²) in [5.74, 6) is -1.09. The second kappa shape index (κ2) is 13.9. The van der Waals surface area contributed by atoms with E-state index in [1.54, 1.807) is 29.2 Å². The number of morpholine rings is 1. The first-order valence-electron chi connectivity index (χ1n) is 11.6. The Kier molecular flexibility index (Phi) is 10.3. The summed E-state index contributed by atoms with van der Waals surface area (Å²) >= 11 is 0. The predicted molar refractivity (Wildman–Crippen MR) is 133 cm³/mol. The molecule has 0 unspecified atom stereocenters. The number of ether oxygens (including phenoxy) is 2. The summed E-state index contributed by atoms with van der Waals surface area (Å²) in [5, 5.41) is 31.2. The Hall–Kier alpha value is -3.87. The van der Waals surface area contributed by atoms with Gasteiger partial charge in [0.15, 0.2) is 5.57 Å². The number of amides is 2. The molecular weight excluding hydrogens is 461 g/mol. The minimum absolute atomic E-state index is 0.0185. The molecule has 1 saturated heterocycles. The summed E-state index contributed by atoms with van der Waals surface area (Å²) in [6, 6.07) is 18.1. The first kappa shape index (κ1) is 26.7. The van der Waals surface area contributed by atoms with Crippen LogP contribution in [0.25, 0.3) is 6.08 Å². The van der Waals surface area contributed by atoms with Gasteiger partial charge in [0, 0.05) is 13.1 Å². The van der Waals surface area contributed by atoms with Gasteiger partial charge in [-0.15, -0.1) is 0 Å². The molecule has 1 heterocycles. The molecule has 2 amide bonds. The number of hydrogen-bond acceptors (Lipinski definition) is 7. The van der Waals surface area contributed by atoms with E-state index in [9.17, 15) is 24.9 Å². The number of nitriles is 1. The molecule has 3 rings (SSSR count). The Morgan fingerprint density at radius 3 is 2.61 bits per heavy atom. The molecule has 0 aromatic heterocycles. The van der Waals surface area contributed by atoms with Crippen molar-refractivity contribution in [2.24, 2.45) is 0 Å². The fraction of sp³-hybridized carbons (Fsp3) is 0.308. The molecule has 2 aromatic carbocycles. The second-order valence-electron chi connectivity index (χ2n) is 8.13. The van der Waals surface area contributed by atoms with Gasteiger partial charge in [-0.1, -0.05) is 48.2 Å². The van der Waals surface area contributed by atoms with Gasteiger partial charge in [0.2, 0.25) is 5.91 Å². The molecular formula is C26H28BN3O6. The Morgan fingerprint density at radius 2 is 1.92 bits per heavy atom. The van der Waals surface area contributed by atoms with Crippen molar-refractivity contribution in [1.29, 1.82) is 5.26 Å². The average molecular weight is 489 g/mol. The van der Waals surface area contributed by atoms with E-state index < -0.39 is 13.1 Å². The highest BCUT2D eigenvalue weighted by atomic mass is 16.5. The topological polar surface area (TPSA) is 132 Å². The average Bonchev–Trinajstić information content (AvgIpc) is 2.90. The maximum Gasteiger partial charge on any atom is 0.475 e. The lowest BCUT2D eigenvalue weighted by atomic mass is 9.76. The van der Waals surface area contributed by atoms with Crippen molar-refractivity contribution < 1.29 is 29.1 Å². The zero-order chi connectivity index (χ0) is 25.8. The monoisotopic (exact) mass is 489 g/mol. The van der Waals surface area contributed by atoms with Crippen LogP contribution in [0.3, 0.4) is 0 Å². The summed E-state index contributed by atoms with van der Waals surface area (Å²) < 4.78 is 10.9. The van der Waals surface area contributed by atoms with Gasteiger partial charge in [0.25, 0.3) is 5.91 Å². The first-order chi connectivity index (χ1) is 17.5. The van der Waals surface area contributed by atoms with E-state index >= 15 is 0 Å². The van der Waals surface area contributed by atoms with Crippen molar-refractivity contribution in [3.05, 3.63) is 77.0 Å². The molecule has 10 heteroatoms. The minimum atomic E-state index is -1.69. The summed E-state index contributed by atoms with van der Waals surface area (Å²) in [4.78, 5) is 26.3. The van der Waals surface area contributed by atoms with Gasteiger partial charge in [0.05, 0.1) is 32.2 Å². The molecule has 0 bridgehead atoms. The number of hydrogen-bond donors (Lipinski definition) is 3. The maximum atomic E-state index is 12.5. The van der Waals surface area contributed by atoms with Gasteiger partial charge in [-0.2, -0.15) is 5.26 Å². The van der Waals surface area contributed by atoms with Crippen molar-refractivity contribution in [3.8, 4) is 11.8 Å². The summed E-state index contributed by atoms with van der Waals surface area (Å²) in [5.41, 5.74) is 4.23. The molecule has 3 N–H and O–H groups in total. The van der Waals surface area contributed by atoms with Crippen LogP contribution in [0.2, 0.25) is 0 Å². The zero-order valence-corrected chi connectivity index (χ0v) is 19.8. The van der Waals surface area contributed by atoms with Crippen LogP contribution in [0.5, 0.6) is 5.75 Å². The van der Waals surface area contributed by atoms with Gasteiger partial charge < -0.3 is 29.7 Å². The van der Waals surface area contributed by atoms with Crippen molar-refractivity contribution >= 4 is 25.0 Å². The smallest absolute Gasteiger partial charge is 0.475 e. The lowest BCUT2D eigenvalue weighted by molar-refractivity contribution is -0.130. The molecule has 36 heavy (non-hydrogen) atoms. The number of rotatable bonds is 10. The Morgan fingerprint density at radius 1 is 1.17 bits per heavy atom. The molecule has 1 atom stereocenters. The molecule has 0 saturated carbocycles. The van der Waals surface area contributed by atoms with E-state index in [0.717, 1.165) is 5.56 Å². The largest absolute Gasteiger partial charge is 0.493 e. The number of nitrogens with one attached hydrogen (secondary N) is 1. The Labute approximate surface area is 210 Å². The zero-order valence-electron chi connectivity index (χ0n) is 19.8. The van der Waals surface area contributed by atoms with Crippen molar-refractivity contribution in [3.63, 3.8) is 0 Å². The third-order valence-corrected chi connectivity index (χ3v) is 5.47. The third kappa shape index (κ3) is 8.41. The highest BCUT2D eigenvalue weighted by molar-refractivity contribution is 6.43. The third-order valence-electron chi connectivity index (χ3n) is 5.47. The molecule has 0 radical (unpaired) electrons. The molecule has 1 fully saturated rings. The number of nitrogens with zero attached hydrogens (tertiary/aromatic N) is 2. The molecule has 0 spiro atoms. The van der Waals surface area contributed by atoms with Crippen LogP contribution in [0.4, 0.5) is 0 Å². The number of carbonyl (C=O) groups is 2. The van der Waals surface area contributed by atoms with Crippen LogP contribution in [-0.2, 0) is 20.7 Å². The van der Waals surface area contributed by atoms with Gasteiger partial charge in [-0.05, 0) is 35.8 Å². The SMILES string of the molecule is N#CC(=C=Cc1cccc(OCCC(=O)N[C@@H](Cc2ccccc2)B(O)O)c1)C(=O)N1CCOCC1. The van der Waals surface area contributed by atoms with E-state index in [-0.39, 0.29) is 36.8 Å². The van der Waals surface area contributed by atoms with E-state index in [1.165, 1.54) is 6.08 Å². The van der Waals surface area contributed by atoms with Gasteiger partial charge in [-0.25, -0.2) is 0 Å². The normalized spacial score (nSPS) is 13.5. The van der Waals surface area contributed by atoms with Gasteiger partial charge in [-0.3, -0.25) is 9.59 Å². The molecule has 2 aromatic rings. The fourth-order valence-corrected chi connectivity index (χ4v) is 3.56. The minimum Gasteiger partial charge on any atom is -0.493 e. The maximum absolute atomic E-state index is 12.5. The Balaban J connectivity index is 1.53. The summed E-state index contributed by atoms with van der Waals surface area (Å²) in [6.45, 7) is 1.84. The van der Waals surface area contributed by atoms with Crippen LogP contribution < -0.4 is 10.1 Å². The quantitative estimate of drug-likeness (QED) is 0.197. The van der Waals surface area contributed by atoms with E-state index in [0.29, 0.717) is 37.6 Å².